The molecule has 2 aromatic rings. The molecule has 1 unspecified atom stereocenters. The second-order valence-corrected chi connectivity index (χ2v) is 4.50. The Kier molecular flexibility index (Phi) is 3.18. The summed E-state index contributed by atoms with van der Waals surface area (Å²) in [5, 5.41) is 13.6. The molecule has 1 aliphatic heterocycles. The molecule has 0 saturated heterocycles. The largest absolute Gasteiger partial charge is 0.482 e. The molecule has 0 amide bonds. The van der Waals surface area contributed by atoms with Gasteiger partial charge in [0.05, 0.1) is 0 Å². The van der Waals surface area contributed by atoms with Crippen LogP contribution in [0, 0.1) is 0 Å². The van der Waals surface area contributed by atoms with E-state index >= 15 is 0 Å². The minimum Gasteiger partial charge on any atom is -0.482 e. The van der Waals surface area contributed by atoms with Crippen molar-refractivity contribution in [3.05, 3.63) is 41.5 Å². The number of hydrogen-bond donors (Lipinski definition) is 2. The molecular formula is C13H15N3O3. The highest BCUT2D eigenvalue weighted by molar-refractivity contribution is 5.37. The van der Waals surface area contributed by atoms with E-state index in [0.717, 1.165) is 11.3 Å². The van der Waals surface area contributed by atoms with Gasteiger partial charge in [0.1, 0.15) is 11.9 Å². The molecule has 1 aliphatic rings. The van der Waals surface area contributed by atoms with Gasteiger partial charge in [-0.1, -0.05) is 23.4 Å². The molecule has 2 heterocycles. The van der Waals surface area contributed by atoms with Gasteiger partial charge < -0.3 is 20.1 Å². The predicted octanol–water partition coefficient (Wildman–Crippen LogP) is 1.13. The highest BCUT2D eigenvalue weighted by atomic mass is 16.5. The Morgan fingerprint density at radius 2 is 2.26 bits per heavy atom. The molecular weight excluding hydrogens is 246 g/mol. The number of ether oxygens (including phenoxy) is 1. The standard InChI is InChI=1S/C13H15N3O3/c14-6-5-9(17)13-15-12(16-19-13)11-7-8-3-1-2-4-10(8)18-11/h1-4,9,11,17H,5-7,14H2/t9-,11?/m0/s1. The zero-order valence-corrected chi connectivity index (χ0v) is 10.3. The number of fused-ring (bicyclic) bond motifs is 1. The molecule has 0 aliphatic carbocycles. The predicted molar refractivity (Wildman–Crippen MR) is 66.4 cm³/mol. The van der Waals surface area contributed by atoms with Crippen molar-refractivity contribution in [1.29, 1.82) is 0 Å². The fraction of sp³-hybridized carbons (Fsp3) is 0.385. The van der Waals surface area contributed by atoms with E-state index in [1.165, 1.54) is 0 Å². The summed E-state index contributed by atoms with van der Waals surface area (Å²) in [6.07, 6.45) is 0.0465. The normalized spacial score (nSPS) is 18.9. The second kappa shape index (κ2) is 4.99. The van der Waals surface area contributed by atoms with Crippen LogP contribution in [0.4, 0.5) is 0 Å². The third-order valence-electron chi connectivity index (χ3n) is 3.12. The van der Waals surface area contributed by atoms with Gasteiger partial charge in [-0.2, -0.15) is 4.98 Å². The van der Waals surface area contributed by atoms with Crippen LogP contribution in [-0.4, -0.2) is 21.8 Å². The Balaban J connectivity index is 1.75. The Morgan fingerprint density at radius 3 is 3.05 bits per heavy atom. The van der Waals surface area contributed by atoms with Gasteiger partial charge in [-0.3, -0.25) is 0 Å². The lowest BCUT2D eigenvalue weighted by molar-refractivity contribution is 0.127. The van der Waals surface area contributed by atoms with Crippen molar-refractivity contribution in [1.82, 2.24) is 10.1 Å². The zero-order chi connectivity index (χ0) is 13.2. The topological polar surface area (TPSA) is 94.4 Å². The summed E-state index contributed by atoms with van der Waals surface area (Å²) in [4.78, 5) is 4.19. The molecule has 0 radical (unpaired) electrons. The monoisotopic (exact) mass is 261 g/mol. The van der Waals surface area contributed by atoms with E-state index in [1.54, 1.807) is 0 Å². The zero-order valence-electron chi connectivity index (χ0n) is 10.3. The van der Waals surface area contributed by atoms with E-state index in [-0.39, 0.29) is 12.0 Å². The number of para-hydroxylation sites is 1. The van der Waals surface area contributed by atoms with Crippen molar-refractivity contribution >= 4 is 0 Å². The van der Waals surface area contributed by atoms with Crippen LogP contribution in [0.2, 0.25) is 0 Å². The molecule has 1 aromatic heterocycles. The van der Waals surface area contributed by atoms with Crippen LogP contribution in [-0.2, 0) is 6.42 Å². The quantitative estimate of drug-likeness (QED) is 0.856. The Bertz CT molecular complexity index is 545. The molecule has 2 atom stereocenters. The van der Waals surface area contributed by atoms with Gasteiger partial charge >= 0.3 is 0 Å². The maximum Gasteiger partial charge on any atom is 0.255 e. The van der Waals surface area contributed by atoms with Crippen LogP contribution in [0.5, 0.6) is 5.75 Å². The molecule has 3 rings (SSSR count). The number of aromatic nitrogens is 2. The summed E-state index contributed by atoms with van der Waals surface area (Å²) >= 11 is 0. The highest BCUT2D eigenvalue weighted by Crippen LogP contribution is 2.35. The number of rotatable bonds is 4. The van der Waals surface area contributed by atoms with Crippen molar-refractivity contribution in [3.63, 3.8) is 0 Å². The van der Waals surface area contributed by atoms with Crippen LogP contribution in [0.1, 0.15) is 35.9 Å². The molecule has 6 nitrogen and oxygen atoms in total. The first-order valence-corrected chi connectivity index (χ1v) is 6.24. The van der Waals surface area contributed by atoms with Crippen LogP contribution in [0.25, 0.3) is 0 Å². The van der Waals surface area contributed by atoms with Gasteiger partial charge in [-0.25, -0.2) is 0 Å². The van der Waals surface area contributed by atoms with E-state index in [2.05, 4.69) is 10.1 Å². The van der Waals surface area contributed by atoms with E-state index in [4.69, 9.17) is 15.0 Å². The fourth-order valence-corrected chi connectivity index (χ4v) is 2.12. The van der Waals surface area contributed by atoms with Crippen LogP contribution < -0.4 is 10.5 Å². The Morgan fingerprint density at radius 1 is 1.42 bits per heavy atom. The Hall–Kier alpha value is -1.92. The molecule has 1 aromatic carbocycles. The first-order chi connectivity index (χ1) is 9.28. The summed E-state index contributed by atoms with van der Waals surface area (Å²) in [6, 6.07) is 7.82. The van der Waals surface area contributed by atoms with Gasteiger partial charge in [-0.05, 0) is 24.6 Å². The summed E-state index contributed by atoms with van der Waals surface area (Å²) in [5.41, 5.74) is 6.50. The fourth-order valence-electron chi connectivity index (χ4n) is 2.12. The van der Waals surface area contributed by atoms with Gasteiger partial charge in [0, 0.05) is 6.42 Å². The summed E-state index contributed by atoms with van der Waals surface area (Å²) in [5.74, 6) is 1.50. The first-order valence-electron chi connectivity index (χ1n) is 6.24. The highest BCUT2D eigenvalue weighted by Gasteiger charge is 2.29. The maximum absolute atomic E-state index is 9.73. The van der Waals surface area contributed by atoms with Gasteiger partial charge in [0.25, 0.3) is 5.89 Å². The van der Waals surface area contributed by atoms with Crippen molar-refractivity contribution < 1.29 is 14.4 Å². The van der Waals surface area contributed by atoms with E-state index < -0.39 is 6.10 Å². The van der Waals surface area contributed by atoms with Crippen molar-refractivity contribution in [2.75, 3.05) is 6.54 Å². The van der Waals surface area contributed by atoms with E-state index in [9.17, 15) is 5.11 Å². The lowest BCUT2D eigenvalue weighted by Crippen LogP contribution is -2.08. The average molecular weight is 261 g/mol. The summed E-state index contributed by atoms with van der Waals surface area (Å²) in [7, 11) is 0. The minimum absolute atomic E-state index is 0.194. The smallest absolute Gasteiger partial charge is 0.255 e. The minimum atomic E-state index is -0.810. The van der Waals surface area contributed by atoms with Crippen molar-refractivity contribution in [3.8, 4) is 5.75 Å². The van der Waals surface area contributed by atoms with Crippen LogP contribution in [0.15, 0.2) is 28.8 Å². The summed E-state index contributed by atoms with van der Waals surface area (Å²) in [6.45, 7) is 0.365. The van der Waals surface area contributed by atoms with Crippen LogP contribution in [0.3, 0.4) is 0 Å². The van der Waals surface area contributed by atoms with E-state index in [0.29, 0.717) is 25.2 Å². The number of nitrogens with zero attached hydrogens (tertiary/aromatic N) is 2. The summed E-state index contributed by atoms with van der Waals surface area (Å²) < 4.78 is 10.8. The number of benzene rings is 1. The van der Waals surface area contributed by atoms with Crippen molar-refractivity contribution in [2.24, 2.45) is 5.73 Å². The van der Waals surface area contributed by atoms with Gasteiger partial charge in [0.15, 0.2) is 6.10 Å². The molecule has 3 N–H and O–H groups in total. The van der Waals surface area contributed by atoms with Gasteiger partial charge in [0.2, 0.25) is 5.82 Å². The molecule has 0 spiro atoms. The van der Waals surface area contributed by atoms with Crippen molar-refractivity contribution in [2.45, 2.75) is 25.0 Å². The SMILES string of the molecule is NCC[C@H](O)c1nc(C2Cc3ccccc3O2)no1. The number of aliphatic hydroxyl groups is 1. The lowest BCUT2D eigenvalue weighted by atomic mass is 10.1. The molecule has 0 bridgehead atoms. The van der Waals surface area contributed by atoms with Gasteiger partial charge in [-0.15, -0.1) is 0 Å². The molecule has 19 heavy (non-hydrogen) atoms. The molecule has 0 fully saturated rings. The molecule has 6 heteroatoms. The molecule has 0 saturated carbocycles. The number of hydrogen-bond acceptors (Lipinski definition) is 6. The third kappa shape index (κ3) is 2.32. The maximum atomic E-state index is 9.73. The lowest BCUT2D eigenvalue weighted by Gasteiger charge is -2.04. The molecule has 100 valence electrons. The van der Waals surface area contributed by atoms with Crippen LogP contribution >= 0.6 is 0 Å². The van der Waals surface area contributed by atoms with E-state index in [1.807, 2.05) is 24.3 Å². The number of aliphatic hydroxyl groups excluding tert-OH is 1. The number of nitrogens with two attached hydrogens (primary N) is 1. The Labute approximate surface area is 110 Å². The first kappa shape index (κ1) is 12.1. The third-order valence-corrected chi connectivity index (χ3v) is 3.12. The second-order valence-electron chi connectivity index (χ2n) is 4.50. The average Bonchev–Trinajstić information content (AvgIpc) is 3.05.